The Labute approximate surface area is 233 Å². The predicted octanol–water partition coefficient (Wildman–Crippen LogP) is 8.25. The van der Waals surface area contributed by atoms with Crippen molar-refractivity contribution < 1.29 is 41.0 Å². The predicted molar refractivity (Wildman–Crippen MR) is 141 cm³/mol. The van der Waals surface area contributed by atoms with Crippen LogP contribution in [0.3, 0.4) is 0 Å². The van der Waals surface area contributed by atoms with Crippen LogP contribution in [0.5, 0.6) is 0 Å². The van der Waals surface area contributed by atoms with Crippen molar-refractivity contribution in [1.29, 1.82) is 0 Å². The van der Waals surface area contributed by atoms with E-state index in [1.807, 2.05) is 27.1 Å². The molecule has 2 saturated carbocycles. The van der Waals surface area contributed by atoms with Gasteiger partial charge in [-0.05, 0) is 80.0 Å². The van der Waals surface area contributed by atoms with Gasteiger partial charge >= 0.3 is 0 Å². The van der Waals surface area contributed by atoms with E-state index in [2.05, 4.69) is 69.2 Å². The van der Waals surface area contributed by atoms with Crippen LogP contribution in [0.4, 0.5) is 0 Å². The molecule has 0 aromatic rings. The van der Waals surface area contributed by atoms with Crippen LogP contribution in [-0.4, -0.2) is 17.0 Å². The van der Waals surface area contributed by atoms with E-state index in [0.29, 0.717) is 6.42 Å². The van der Waals surface area contributed by atoms with Crippen molar-refractivity contribution in [1.82, 2.24) is 0 Å². The van der Waals surface area contributed by atoms with Gasteiger partial charge in [-0.2, -0.15) is 0 Å². The smallest absolute Gasteiger partial charge is 0.0563 e. The molecule has 0 bridgehead atoms. The summed E-state index contributed by atoms with van der Waals surface area (Å²) in [4.78, 5) is 9.70. The van der Waals surface area contributed by atoms with Gasteiger partial charge in [-0.15, -0.1) is 6.42 Å². The summed E-state index contributed by atoms with van der Waals surface area (Å²) in [6, 6.07) is 0. The molecular formula is C30H51O2U-. The Bertz CT molecular complexity index is 379. The van der Waals surface area contributed by atoms with Crippen LogP contribution in [-0.2, 0) is 4.79 Å². The summed E-state index contributed by atoms with van der Waals surface area (Å²) in [6.07, 6.45) is 2.39. The van der Waals surface area contributed by atoms with E-state index >= 15 is 0 Å². The first-order valence-corrected chi connectivity index (χ1v) is 11.6. The first kappa shape index (κ1) is 38.2. The zero-order valence-corrected chi connectivity index (χ0v) is 28.7. The average molecular weight is 682 g/mol. The largest absolute Gasteiger partial charge is 0.542 e. The van der Waals surface area contributed by atoms with Crippen LogP contribution in [0.15, 0.2) is 0 Å². The minimum atomic E-state index is -0.500. The van der Waals surface area contributed by atoms with Gasteiger partial charge in [0.25, 0.3) is 0 Å². The Morgan fingerprint density at radius 1 is 0.515 bits per heavy atom. The molecule has 0 atom stereocenters. The van der Waals surface area contributed by atoms with Crippen molar-refractivity contribution in [2.75, 3.05) is 0 Å². The van der Waals surface area contributed by atoms with Crippen LogP contribution < -0.4 is 0 Å². The van der Waals surface area contributed by atoms with Gasteiger partial charge < -0.3 is 9.90 Å². The molecule has 0 aromatic carbocycles. The van der Waals surface area contributed by atoms with Gasteiger partial charge in [0.2, 0.25) is 0 Å². The number of hydrogen-bond acceptors (Lipinski definition) is 2. The van der Waals surface area contributed by atoms with E-state index in [0.717, 1.165) is 0 Å². The number of rotatable bonds is 1. The third-order valence-corrected chi connectivity index (χ3v) is 6.23. The van der Waals surface area contributed by atoms with E-state index in [1.54, 1.807) is 20.8 Å². The molecule has 0 unspecified atom stereocenters. The summed E-state index contributed by atoms with van der Waals surface area (Å²) in [5, 5.41) is 8.52. The summed E-state index contributed by atoms with van der Waals surface area (Å²) < 4.78 is 0. The fourth-order valence-electron chi connectivity index (χ4n) is 3.03. The molecule has 0 aromatic heterocycles. The van der Waals surface area contributed by atoms with Crippen molar-refractivity contribution in [2.45, 2.75) is 123 Å². The van der Waals surface area contributed by atoms with Crippen LogP contribution in [0.1, 0.15) is 117 Å². The van der Waals surface area contributed by atoms with Crippen LogP contribution >= 0.6 is 0 Å². The SMILES string of the molecule is CC(C)(C)C[C-]=O.CC(C)(C)O.C[C]1[C](C)[C](C)[C](C)[C]1C.C[C]1[C](C)[C](C)[C](C)[C]1C.[U]. The van der Waals surface area contributed by atoms with Crippen molar-refractivity contribution in [3.63, 3.8) is 0 Å². The zero-order valence-electron chi connectivity index (χ0n) is 24.6. The molecule has 0 saturated heterocycles. The van der Waals surface area contributed by atoms with Crippen molar-refractivity contribution >= 4 is 6.29 Å². The van der Waals surface area contributed by atoms with Gasteiger partial charge in [-0.25, -0.2) is 0 Å². The second kappa shape index (κ2) is 16.4. The summed E-state index contributed by atoms with van der Waals surface area (Å²) in [7, 11) is 0. The van der Waals surface area contributed by atoms with Gasteiger partial charge in [0.05, 0.1) is 5.60 Å². The van der Waals surface area contributed by atoms with Gasteiger partial charge in [0, 0.05) is 31.1 Å². The van der Waals surface area contributed by atoms with E-state index in [-0.39, 0.29) is 36.5 Å². The quantitative estimate of drug-likeness (QED) is 0.283. The molecular weight excluding hydrogens is 630 g/mol. The second-order valence-corrected chi connectivity index (χ2v) is 11.3. The van der Waals surface area contributed by atoms with E-state index < -0.39 is 5.60 Å². The molecule has 10 radical (unpaired) electrons. The third-order valence-electron chi connectivity index (χ3n) is 6.23. The van der Waals surface area contributed by atoms with Crippen molar-refractivity contribution in [3.05, 3.63) is 59.2 Å². The molecule has 0 heterocycles. The maximum atomic E-state index is 9.70. The molecule has 2 aliphatic rings. The topological polar surface area (TPSA) is 37.3 Å². The summed E-state index contributed by atoms with van der Waals surface area (Å²) >= 11 is 0. The standard InChI is InChI=1S/2C10H15.C6H11O.C4H10O.U/c2*1-6-7(2)9(4)10(5)8(6)3;1-6(2,3)4-5-7;1-4(2,3)5;/h2*1-5H3;4H2,1-3H3;5H,1-3H3;/q;;-1;;. The fourth-order valence-corrected chi connectivity index (χ4v) is 3.03. The Morgan fingerprint density at radius 2 is 0.636 bits per heavy atom. The van der Waals surface area contributed by atoms with E-state index in [4.69, 9.17) is 5.11 Å². The van der Waals surface area contributed by atoms with Crippen LogP contribution in [0.25, 0.3) is 0 Å². The monoisotopic (exact) mass is 681 g/mol. The van der Waals surface area contributed by atoms with E-state index in [1.165, 1.54) is 59.2 Å². The number of hydrogen-bond donors (Lipinski definition) is 1. The molecule has 33 heavy (non-hydrogen) atoms. The molecule has 188 valence electrons. The van der Waals surface area contributed by atoms with Gasteiger partial charge in [-0.3, -0.25) is 6.29 Å². The Hall–Kier alpha value is 0.682. The molecule has 2 fully saturated rings. The van der Waals surface area contributed by atoms with Gasteiger partial charge in [-0.1, -0.05) is 95.4 Å². The Balaban J connectivity index is -0.000000373. The molecule has 3 heteroatoms. The molecule has 0 aliphatic heterocycles. The fraction of sp³-hybridized carbons (Fsp3) is 0.633. The summed E-state index contributed by atoms with van der Waals surface area (Å²) in [6.45, 7) is 33.3. The summed E-state index contributed by atoms with van der Waals surface area (Å²) in [5.41, 5.74) is -0.373. The van der Waals surface area contributed by atoms with Crippen molar-refractivity contribution in [2.24, 2.45) is 5.41 Å². The minimum absolute atomic E-state index is 0. The zero-order chi connectivity index (χ0) is 26.2. The first-order valence-electron chi connectivity index (χ1n) is 11.6. The van der Waals surface area contributed by atoms with Crippen LogP contribution in [0, 0.1) is 95.7 Å². The normalized spacial score (nSPS) is 21.5. The number of carbonyl (C=O) groups excluding carboxylic acids is 1. The Morgan fingerprint density at radius 3 is 0.667 bits per heavy atom. The maximum absolute atomic E-state index is 9.70. The Kier molecular flexibility index (Phi) is 19.0. The average Bonchev–Trinajstić information content (AvgIpc) is 2.91. The third kappa shape index (κ3) is 15.4. The number of aliphatic hydroxyl groups is 1. The van der Waals surface area contributed by atoms with Gasteiger partial charge in [0.15, 0.2) is 0 Å². The second-order valence-electron chi connectivity index (χ2n) is 11.3. The molecule has 2 aliphatic carbocycles. The van der Waals surface area contributed by atoms with Gasteiger partial charge in [0.1, 0.15) is 0 Å². The molecule has 2 nitrogen and oxygen atoms in total. The summed E-state index contributed by atoms with van der Waals surface area (Å²) in [5.74, 6) is 14.7. The van der Waals surface area contributed by atoms with Crippen molar-refractivity contribution in [3.8, 4) is 0 Å². The van der Waals surface area contributed by atoms with Crippen LogP contribution in [0.2, 0.25) is 0 Å². The molecule has 0 amide bonds. The molecule has 0 spiro atoms. The first-order chi connectivity index (χ1) is 14.2. The molecule has 2 rings (SSSR count). The van der Waals surface area contributed by atoms with E-state index in [9.17, 15) is 4.79 Å². The molecule has 1 N–H and O–H groups in total. The minimum Gasteiger partial charge on any atom is -0.542 e. The maximum Gasteiger partial charge on any atom is 0.0563 e.